The zero-order valence-corrected chi connectivity index (χ0v) is 19.1. The first kappa shape index (κ1) is 21.2. The van der Waals surface area contributed by atoms with Crippen molar-refractivity contribution in [2.45, 2.75) is 0 Å². The summed E-state index contributed by atoms with van der Waals surface area (Å²) in [6, 6.07) is 0. The van der Waals surface area contributed by atoms with Crippen molar-refractivity contribution in [2.75, 3.05) is 65.9 Å². The van der Waals surface area contributed by atoms with Gasteiger partial charge in [-0.05, 0) is 23.7 Å². The highest BCUT2D eigenvalue weighted by Crippen LogP contribution is 2.68. The monoisotopic (exact) mass is 470 g/mol. The van der Waals surface area contributed by atoms with Crippen LogP contribution in [0.5, 0.6) is 0 Å². The van der Waals surface area contributed by atoms with Crippen molar-refractivity contribution < 1.29 is 28.7 Å². The highest BCUT2D eigenvalue weighted by molar-refractivity contribution is 6.09. The van der Waals surface area contributed by atoms with E-state index in [0.717, 1.165) is 0 Å². The van der Waals surface area contributed by atoms with Crippen LogP contribution in [0, 0.1) is 47.3 Å². The molecule has 8 aliphatic rings. The molecule has 0 aromatic heterocycles. The third kappa shape index (κ3) is 2.76. The summed E-state index contributed by atoms with van der Waals surface area (Å²) < 4.78 is 10.8. The summed E-state index contributed by atoms with van der Waals surface area (Å²) in [7, 11) is 0. The zero-order chi connectivity index (χ0) is 23.1. The quantitative estimate of drug-likeness (QED) is 0.375. The van der Waals surface area contributed by atoms with Crippen molar-refractivity contribution in [3.63, 3.8) is 0 Å². The lowest BCUT2D eigenvalue weighted by Gasteiger charge is -2.60. The smallest absolute Gasteiger partial charge is 0.234 e. The Morgan fingerprint density at radius 3 is 1.32 bits per heavy atom. The SMILES string of the molecule is O=C1[C@H]2[C@@H]3C=C[C@@H]([C@@H]2C(=O)N1CN1CCOCC1)[C@H]1[C@H]2C(=O)N(CN4CCOCC4)C(=O)[C@@H]2[C@H]31. The number of amides is 4. The lowest BCUT2D eigenvalue weighted by molar-refractivity contribution is -0.166. The van der Waals surface area contributed by atoms with Crippen LogP contribution in [0.15, 0.2) is 12.2 Å². The van der Waals surface area contributed by atoms with Gasteiger partial charge >= 0.3 is 0 Å². The van der Waals surface area contributed by atoms with Crippen molar-refractivity contribution in [2.24, 2.45) is 47.3 Å². The number of allylic oxidation sites excluding steroid dienone is 2. The molecule has 0 radical (unpaired) electrons. The molecule has 6 fully saturated rings. The summed E-state index contributed by atoms with van der Waals surface area (Å²) in [5.41, 5.74) is 0. The standard InChI is InChI=1S/C24H30N4O6/c29-21-17-13-1-2-14(18(17)22(30)27(21)11-25-3-7-33-8-4-25)16-15(13)19-20(16)24(32)28(23(19)31)12-26-5-9-34-10-6-26/h1-2,13-20H,3-12H2/t13-,14-,15-,16-,17+,18+,19-,20-/m1/s1. The van der Waals surface area contributed by atoms with Gasteiger partial charge in [-0.25, -0.2) is 0 Å². The molecule has 8 rings (SSSR count). The molecule has 10 heteroatoms. The molecule has 8 atom stereocenters. The Bertz CT molecular complexity index is 917. The molecule has 2 bridgehead atoms. The number of rotatable bonds is 4. The molecule has 34 heavy (non-hydrogen) atoms. The summed E-state index contributed by atoms with van der Waals surface area (Å²) in [6.45, 7) is 5.87. The number of hydrogen-bond acceptors (Lipinski definition) is 8. The van der Waals surface area contributed by atoms with E-state index < -0.39 is 11.8 Å². The zero-order valence-electron chi connectivity index (χ0n) is 19.1. The fourth-order valence-electron chi connectivity index (χ4n) is 7.89. The van der Waals surface area contributed by atoms with Crippen LogP contribution < -0.4 is 0 Å². The summed E-state index contributed by atoms with van der Waals surface area (Å²) in [5.74, 6) is -2.25. The van der Waals surface area contributed by atoms with E-state index in [1.807, 2.05) is 0 Å². The maximum absolute atomic E-state index is 13.5. The minimum Gasteiger partial charge on any atom is -0.379 e. The Morgan fingerprint density at radius 1 is 0.588 bits per heavy atom. The Labute approximate surface area is 197 Å². The van der Waals surface area contributed by atoms with Gasteiger partial charge in [0, 0.05) is 26.2 Å². The Morgan fingerprint density at radius 2 is 0.941 bits per heavy atom. The number of likely N-dealkylation sites (tertiary alicyclic amines) is 2. The minimum atomic E-state index is -0.401. The van der Waals surface area contributed by atoms with Crippen molar-refractivity contribution in [3.05, 3.63) is 12.2 Å². The second kappa shape index (κ2) is 7.68. The average molecular weight is 471 g/mol. The molecule has 4 aliphatic heterocycles. The van der Waals surface area contributed by atoms with Crippen LogP contribution in [0.2, 0.25) is 0 Å². The number of imide groups is 2. The fraction of sp³-hybridized carbons (Fsp3) is 0.750. The highest BCUT2D eigenvalue weighted by Gasteiger charge is 2.75. The number of morpholine rings is 2. The van der Waals surface area contributed by atoms with Crippen LogP contribution in [0.4, 0.5) is 0 Å². The van der Waals surface area contributed by atoms with E-state index in [2.05, 4.69) is 22.0 Å². The number of hydrogen-bond donors (Lipinski definition) is 0. The van der Waals surface area contributed by atoms with Gasteiger partial charge in [-0.2, -0.15) is 0 Å². The van der Waals surface area contributed by atoms with Crippen LogP contribution in [0.3, 0.4) is 0 Å². The van der Waals surface area contributed by atoms with Crippen molar-refractivity contribution in [1.82, 2.24) is 19.6 Å². The summed E-state index contributed by atoms with van der Waals surface area (Å²) in [4.78, 5) is 60.8. The molecule has 2 saturated carbocycles. The van der Waals surface area contributed by atoms with Crippen molar-refractivity contribution in [1.29, 1.82) is 0 Å². The predicted molar refractivity (Wildman–Crippen MR) is 115 cm³/mol. The van der Waals surface area contributed by atoms with E-state index in [-0.39, 0.29) is 59.1 Å². The van der Waals surface area contributed by atoms with Gasteiger partial charge in [0.15, 0.2) is 0 Å². The normalized spacial score (nSPS) is 43.9. The highest BCUT2D eigenvalue weighted by atomic mass is 16.5. The molecular weight excluding hydrogens is 440 g/mol. The van der Waals surface area contributed by atoms with Gasteiger partial charge in [0.1, 0.15) is 0 Å². The van der Waals surface area contributed by atoms with E-state index in [4.69, 9.17) is 9.47 Å². The van der Waals surface area contributed by atoms with Crippen LogP contribution in [-0.4, -0.2) is 109 Å². The van der Waals surface area contributed by atoms with Crippen molar-refractivity contribution >= 4 is 23.6 Å². The molecule has 4 amide bonds. The van der Waals surface area contributed by atoms with Gasteiger partial charge in [-0.1, -0.05) is 12.2 Å². The van der Waals surface area contributed by atoms with Gasteiger partial charge in [0.25, 0.3) is 0 Å². The third-order valence-corrected chi connectivity index (χ3v) is 9.42. The Kier molecular flexibility index (Phi) is 4.78. The second-order valence-electron chi connectivity index (χ2n) is 10.8. The molecule has 4 saturated heterocycles. The molecule has 0 aromatic carbocycles. The Hall–Kier alpha value is -2.14. The predicted octanol–water partition coefficient (Wildman–Crippen LogP) is -1.17. The summed E-state index contributed by atoms with van der Waals surface area (Å²) in [5, 5.41) is 0. The molecule has 4 heterocycles. The fourth-order valence-corrected chi connectivity index (χ4v) is 7.89. The summed E-state index contributed by atoms with van der Waals surface area (Å²) in [6.07, 6.45) is 4.13. The number of carbonyl (C=O) groups is 4. The van der Waals surface area contributed by atoms with Gasteiger partial charge in [-0.3, -0.25) is 38.8 Å². The number of fused-ring (bicyclic) bond motifs is 1. The summed E-state index contributed by atoms with van der Waals surface area (Å²) >= 11 is 0. The average Bonchev–Trinajstić information content (AvgIpc) is 3.21. The molecule has 0 unspecified atom stereocenters. The van der Waals surface area contributed by atoms with E-state index in [0.29, 0.717) is 65.9 Å². The van der Waals surface area contributed by atoms with Gasteiger partial charge in [-0.15, -0.1) is 0 Å². The van der Waals surface area contributed by atoms with Gasteiger partial charge < -0.3 is 9.47 Å². The first-order valence-corrected chi connectivity index (χ1v) is 12.6. The van der Waals surface area contributed by atoms with E-state index >= 15 is 0 Å². The van der Waals surface area contributed by atoms with Crippen LogP contribution in [0.1, 0.15) is 0 Å². The van der Waals surface area contributed by atoms with Gasteiger partial charge in [0.2, 0.25) is 23.6 Å². The molecule has 0 N–H and O–H groups in total. The number of carbonyl (C=O) groups excluding carboxylic acids is 4. The first-order chi connectivity index (χ1) is 16.6. The van der Waals surface area contributed by atoms with Crippen LogP contribution in [0.25, 0.3) is 0 Å². The maximum Gasteiger partial charge on any atom is 0.234 e. The maximum atomic E-state index is 13.5. The molecule has 182 valence electrons. The lowest BCUT2D eigenvalue weighted by atomic mass is 9.40. The third-order valence-electron chi connectivity index (χ3n) is 9.42. The Balaban J connectivity index is 1.13. The van der Waals surface area contributed by atoms with Crippen LogP contribution in [-0.2, 0) is 28.7 Å². The molecule has 0 spiro atoms. The molecule has 10 nitrogen and oxygen atoms in total. The minimum absolute atomic E-state index is 0.0209. The van der Waals surface area contributed by atoms with Gasteiger partial charge in [0.05, 0.1) is 63.4 Å². The second-order valence-corrected chi connectivity index (χ2v) is 10.8. The van der Waals surface area contributed by atoms with Crippen molar-refractivity contribution in [3.8, 4) is 0 Å². The number of ether oxygens (including phenoxy) is 2. The van der Waals surface area contributed by atoms with E-state index in [9.17, 15) is 19.2 Å². The topological polar surface area (TPSA) is 99.7 Å². The first-order valence-electron chi connectivity index (χ1n) is 12.6. The molecular formula is C24H30N4O6. The van der Waals surface area contributed by atoms with E-state index in [1.165, 1.54) is 9.80 Å². The molecule has 0 aromatic rings. The lowest BCUT2D eigenvalue weighted by Crippen LogP contribution is -2.63. The largest absolute Gasteiger partial charge is 0.379 e. The number of nitrogens with zero attached hydrogens (tertiary/aromatic N) is 4. The molecule has 4 aliphatic carbocycles. The van der Waals surface area contributed by atoms with E-state index in [1.54, 1.807) is 0 Å². The van der Waals surface area contributed by atoms with Crippen LogP contribution >= 0.6 is 0 Å².